The van der Waals surface area contributed by atoms with Gasteiger partial charge in [0.2, 0.25) is 0 Å². The van der Waals surface area contributed by atoms with Crippen molar-refractivity contribution >= 4 is 5.96 Å². The van der Waals surface area contributed by atoms with Gasteiger partial charge in [0.25, 0.3) is 0 Å². The summed E-state index contributed by atoms with van der Waals surface area (Å²) in [4.78, 5) is 9.43. The zero-order chi connectivity index (χ0) is 20.3. The molecule has 0 radical (unpaired) electrons. The molecule has 1 aromatic carbocycles. The highest BCUT2D eigenvalue weighted by Gasteiger charge is 2.22. The summed E-state index contributed by atoms with van der Waals surface area (Å²) in [6, 6.07) is 8.85. The smallest absolute Gasteiger partial charge is 0.193 e. The SMILES string of the molecule is CN=C(NCCCN1CCc2ccccc2C1)N1CCC(OCCCOC)CC1. The van der Waals surface area contributed by atoms with E-state index in [4.69, 9.17) is 9.47 Å². The molecule has 0 aliphatic carbocycles. The Balaban J connectivity index is 1.30. The van der Waals surface area contributed by atoms with Crippen LogP contribution in [0.25, 0.3) is 0 Å². The third kappa shape index (κ3) is 6.98. The summed E-state index contributed by atoms with van der Waals surface area (Å²) < 4.78 is 11.0. The van der Waals surface area contributed by atoms with Crippen molar-refractivity contribution in [2.24, 2.45) is 4.99 Å². The Morgan fingerprint density at radius 1 is 1.10 bits per heavy atom. The molecule has 1 saturated heterocycles. The van der Waals surface area contributed by atoms with Crippen molar-refractivity contribution in [1.29, 1.82) is 0 Å². The molecule has 3 rings (SSSR count). The first-order chi connectivity index (χ1) is 14.3. The molecule has 0 atom stereocenters. The van der Waals surface area contributed by atoms with Gasteiger partial charge < -0.3 is 19.7 Å². The molecule has 0 amide bonds. The summed E-state index contributed by atoms with van der Waals surface area (Å²) in [6.07, 6.45) is 5.81. The lowest BCUT2D eigenvalue weighted by molar-refractivity contribution is 0.00991. The minimum atomic E-state index is 0.378. The minimum absolute atomic E-state index is 0.378. The molecule has 6 heteroatoms. The second-order valence-corrected chi connectivity index (χ2v) is 8.03. The largest absolute Gasteiger partial charge is 0.385 e. The van der Waals surface area contributed by atoms with Crippen LogP contribution >= 0.6 is 0 Å². The van der Waals surface area contributed by atoms with Gasteiger partial charge in [-0.2, -0.15) is 0 Å². The fraction of sp³-hybridized carbons (Fsp3) is 0.696. The maximum absolute atomic E-state index is 5.96. The van der Waals surface area contributed by atoms with E-state index in [0.29, 0.717) is 6.10 Å². The number of rotatable bonds is 9. The summed E-state index contributed by atoms with van der Waals surface area (Å²) in [5, 5.41) is 3.56. The number of hydrogen-bond acceptors (Lipinski definition) is 4. The van der Waals surface area contributed by atoms with E-state index in [1.54, 1.807) is 7.11 Å². The Kier molecular flexibility index (Phi) is 9.25. The van der Waals surface area contributed by atoms with Crippen LogP contribution in [0.15, 0.2) is 29.3 Å². The van der Waals surface area contributed by atoms with Gasteiger partial charge in [0.15, 0.2) is 5.96 Å². The molecule has 2 heterocycles. The molecule has 0 bridgehead atoms. The van der Waals surface area contributed by atoms with Crippen LogP contribution in [-0.2, 0) is 22.4 Å². The second-order valence-electron chi connectivity index (χ2n) is 8.03. The number of hydrogen-bond donors (Lipinski definition) is 1. The Morgan fingerprint density at radius 3 is 2.66 bits per heavy atom. The molecule has 2 aliphatic heterocycles. The van der Waals surface area contributed by atoms with Crippen molar-refractivity contribution in [3.05, 3.63) is 35.4 Å². The van der Waals surface area contributed by atoms with Gasteiger partial charge in [0, 0.05) is 66.6 Å². The number of fused-ring (bicyclic) bond motifs is 1. The Labute approximate surface area is 176 Å². The van der Waals surface area contributed by atoms with Crippen molar-refractivity contribution in [3.63, 3.8) is 0 Å². The predicted octanol–water partition coefficient (Wildman–Crippen LogP) is 2.53. The molecule has 0 saturated carbocycles. The lowest BCUT2D eigenvalue weighted by atomic mass is 10.00. The van der Waals surface area contributed by atoms with Crippen molar-refractivity contribution in [3.8, 4) is 0 Å². The van der Waals surface area contributed by atoms with E-state index in [9.17, 15) is 0 Å². The first kappa shape index (κ1) is 22.1. The standard InChI is InChI=1S/C23H38N4O2/c1-24-23(27-15-10-22(11-16-27)29-18-6-17-28-2)25-12-5-13-26-14-9-20-7-3-4-8-21(20)19-26/h3-4,7-8,22H,5-6,9-19H2,1-2H3,(H,24,25). The normalized spacial score (nSPS) is 18.7. The van der Waals surface area contributed by atoms with E-state index in [-0.39, 0.29) is 0 Å². The molecule has 0 unspecified atom stereocenters. The molecule has 2 aliphatic rings. The van der Waals surface area contributed by atoms with Gasteiger partial charge in [-0.25, -0.2) is 0 Å². The van der Waals surface area contributed by atoms with Crippen LogP contribution in [0.1, 0.15) is 36.8 Å². The minimum Gasteiger partial charge on any atom is -0.385 e. The molecule has 162 valence electrons. The van der Waals surface area contributed by atoms with Crippen LogP contribution in [-0.4, -0.2) is 82.0 Å². The van der Waals surface area contributed by atoms with Crippen LogP contribution in [0.4, 0.5) is 0 Å². The number of nitrogens with one attached hydrogen (secondary N) is 1. The molecular weight excluding hydrogens is 364 g/mol. The van der Waals surface area contributed by atoms with Crippen molar-refractivity contribution < 1.29 is 9.47 Å². The van der Waals surface area contributed by atoms with Crippen LogP contribution in [0.2, 0.25) is 0 Å². The zero-order valence-electron chi connectivity index (χ0n) is 18.2. The predicted molar refractivity (Wildman–Crippen MR) is 118 cm³/mol. The van der Waals surface area contributed by atoms with Gasteiger partial charge in [-0.3, -0.25) is 9.89 Å². The van der Waals surface area contributed by atoms with E-state index in [2.05, 4.69) is 44.4 Å². The number of aliphatic imine (C=N–C) groups is 1. The average molecular weight is 403 g/mol. The Bertz CT molecular complexity index is 629. The van der Waals surface area contributed by atoms with Gasteiger partial charge in [-0.05, 0) is 43.2 Å². The molecule has 0 aromatic heterocycles. The topological polar surface area (TPSA) is 49.3 Å². The zero-order valence-corrected chi connectivity index (χ0v) is 18.2. The van der Waals surface area contributed by atoms with E-state index in [1.165, 1.54) is 24.1 Å². The number of nitrogens with zero attached hydrogens (tertiary/aromatic N) is 3. The number of piperidine rings is 1. The van der Waals surface area contributed by atoms with Crippen molar-refractivity contribution in [2.45, 2.75) is 44.8 Å². The van der Waals surface area contributed by atoms with Gasteiger partial charge >= 0.3 is 0 Å². The fourth-order valence-electron chi connectivity index (χ4n) is 4.27. The van der Waals surface area contributed by atoms with Crippen LogP contribution in [0.5, 0.6) is 0 Å². The maximum atomic E-state index is 5.96. The summed E-state index contributed by atoms with van der Waals surface area (Å²) in [7, 11) is 3.62. The Morgan fingerprint density at radius 2 is 1.90 bits per heavy atom. The molecule has 6 nitrogen and oxygen atoms in total. The van der Waals surface area contributed by atoms with Crippen molar-refractivity contribution in [1.82, 2.24) is 15.1 Å². The van der Waals surface area contributed by atoms with Gasteiger partial charge in [0.05, 0.1) is 6.10 Å². The highest BCUT2D eigenvalue weighted by molar-refractivity contribution is 5.79. The monoisotopic (exact) mass is 402 g/mol. The summed E-state index contributed by atoms with van der Waals surface area (Å²) in [5.74, 6) is 1.03. The summed E-state index contributed by atoms with van der Waals surface area (Å²) in [6.45, 7) is 7.96. The molecule has 29 heavy (non-hydrogen) atoms. The molecule has 1 fully saturated rings. The number of likely N-dealkylation sites (tertiary alicyclic amines) is 1. The fourth-order valence-corrected chi connectivity index (χ4v) is 4.27. The first-order valence-electron chi connectivity index (χ1n) is 11.2. The second kappa shape index (κ2) is 12.2. The number of methoxy groups -OCH3 is 1. The van der Waals surface area contributed by atoms with E-state index in [0.717, 1.165) is 77.6 Å². The van der Waals surface area contributed by atoms with Gasteiger partial charge in [-0.15, -0.1) is 0 Å². The first-order valence-corrected chi connectivity index (χ1v) is 11.2. The highest BCUT2D eigenvalue weighted by atomic mass is 16.5. The molecular formula is C23H38N4O2. The Hall–Kier alpha value is -1.63. The van der Waals surface area contributed by atoms with E-state index in [1.807, 2.05) is 7.05 Å². The average Bonchev–Trinajstić information content (AvgIpc) is 2.77. The van der Waals surface area contributed by atoms with E-state index >= 15 is 0 Å². The molecule has 1 aromatic rings. The van der Waals surface area contributed by atoms with Gasteiger partial charge in [-0.1, -0.05) is 24.3 Å². The highest BCUT2D eigenvalue weighted by Crippen LogP contribution is 2.18. The summed E-state index contributed by atoms with van der Waals surface area (Å²) in [5.41, 5.74) is 3.02. The molecule has 1 N–H and O–H groups in total. The number of guanidine groups is 1. The van der Waals surface area contributed by atoms with Crippen molar-refractivity contribution in [2.75, 3.05) is 60.1 Å². The lowest BCUT2D eigenvalue weighted by Gasteiger charge is -2.34. The number of ether oxygens (including phenoxy) is 2. The van der Waals surface area contributed by atoms with E-state index < -0.39 is 0 Å². The van der Waals surface area contributed by atoms with Gasteiger partial charge in [0.1, 0.15) is 0 Å². The molecule has 0 spiro atoms. The third-order valence-electron chi connectivity index (χ3n) is 5.94. The maximum Gasteiger partial charge on any atom is 0.193 e. The summed E-state index contributed by atoms with van der Waals surface area (Å²) >= 11 is 0. The quantitative estimate of drug-likeness (QED) is 0.391. The van der Waals surface area contributed by atoms with Crippen LogP contribution in [0.3, 0.4) is 0 Å². The third-order valence-corrected chi connectivity index (χ3v) is 5.94. The van der Waals surface area contributed by atoms with Crippen LogP contribution < -0.4 is 5.32 Å². The lowest BCUT2D eigenvalue weighted by Crippen LogP contribution is -2.47. The van der Waals surface area contributed by atoms with Crippen LogP contribution in [0, 0.1) is 0 Å². The number of benzene rings is 1.